The summed E-state index contributed by atoms with van der Waals surface area (Å²) < 4.78 is 45.8. The fourth-order valence-electron chi connectivity index (χ4n) is 3.92. The molecule has 1 aliphatic rings. The van der Waals surface area contributed by atoms with Crippen LogP contribution in [0.3, 0.4) is 0 Å². The zero-order valence-electron chi connectivity index (χ0n) is 17.8. The number of nitrogens with one attached hydrogen (secondary N) is 1. The number of nitrogens with zero attached hydrogens (tertiary/aromatic N) is 2. The van der Waals surface area contributed by atoms with Crippen molar-refractivity contribution >= 4 is 11.8 Å². The molecule has 0 aliphatic heterocycles. The van der Waals surface area contributed by atoms with Crippen LogP contribution in [0.1, 0.15) is 49.3 Å². The molecule has 1 fully saturated rings. The third-order valence-electron chi connectivity index (χ3n) is 5.55. The highest BCUT2D eigenvalue weighted by atomic mass is 19.4. The molecular formula is C23H26F3N3O3. The first-order chi connectivity index (χ1) is 15.3. The van der Waals surface area contributed by atoms with Gasteiger partial charge in [-0.15, -0.1) is 0 Å². The molecule has 172 valence electrons. The lowest BCUT2D eigenvalue weighted by Gasteiger charge is -2.33. The first-order valence-corrected chi connectivity index (χ1v) is 10.5. The van der Waals surface area contributed by atoms with Crippen LogP contribution in [0.4, 0.5) is 13.2 Å². The van der Waals surface area contributed by atoms with Crippen molar-refractivity contribution in [2.75, 3.05) is 7.11 Å². The van der Waals surface area contributed by atoms with Crippen molar-refractivity contribution in [3.05, 3.63) is 59.9 Å². The van der Waals surface area contributed by atoms with E-state index in [9.17, 15) is 22.8 Å². The fourth-order valence-corrected chi connectivity index (χ4v) is 3.92. The molecule has 1 N–H and O–H groups in total. The lowest BCUT2D eigenvalue weighted by molar-refractivity contribution is -0.189. The van der Waals surface area contributed by atoms with Crippen molar-refractivity contribution < 1.29 is 27.5 Å². The maximum absolute atomic E-state index is 13.6. The lowest BCUT2D eigenvalue weighted by atomic mass is 9.94. The van der Waals surface area contributed by atoms with E-state index in [4.69, 9.17) is 4.74 Å². The van der Waals surface area contributed by atoms with Gasteiger partial charge in [0, 0.05) is 25.0 Å². The van der Waals surface area contributed by atoms with Crippen LogP contribution in [0, 0.1) is 0 Å². The van der Waals surface area contributed by atoms with Crippen LogP contribution in [0.2, 0.25) is 0 Å². The molecule has 3 rings (SSSR count). The van der Waals surface area contributed by atoms with Gasteiger partial charge in [-0.1, -0.05) is 31.4 Å². The quantitative estimate of drug-likeness (QED) is 0.689. The number of hydrogen-bond acceptors (Lipinski definition) is 4. The number of pyridine rings is 1. The third-order valence-corrected chi connectivity index (χ3v) is 5.55. The van der Waals surface area contributed by atoms with Crippen LogP contribution < -0.4 is 10.1 Å². The van der Waals surface area contributed by atoms with Gasteiger partial charge >= 0.3 is 12.1 Å². The van der Waals surface area contributed by atoms with Crippen LogP contribution in [0.15, 0.2) is 48.8 Å². The van der Waals surface area contributed by atoms with Gasteiger partial charge in [0.05, 0.1) is 7.11 Å². The zero-order valence-corrected chi connectivity index (χ0v) is 17.8. The first kappa shape index (κ1) is 23.6. The second-order valence-corrected chi connectivity index (χ2v) is 7.81. The number of alkyl halides is 3. The fraction of sp³-hybridized carbons (Fsp3) is 0.435. The summed E-state index contributed by atoms with van der Waals surface area (Å²) in [6, 6.07) is 7.66. The van der Waals surface area contributed by atoms with Gasteiger partial charge in [-0.25, -0.2) is 0 Å². The van der Waals surface area contributed by atoms with Crippen molar-refractivity contribution in [2.45, 2.75) is 56.9 Å². The number of rotatable bonds is 7. The number of hydrogen-bond donors (Lipinski definition) is 1. The molecule has 2 amide bonds. The van der Waals surface area contributed by atoms with E-state index in [2.05, 4.69) is 10.3 Å². The Morgan fingerprint density at radius 1 is 1.09 bits per heavy atom. The normalized spacial score (nSPS) is 15.6. The maximum atomic E-state index is 13.6. The van der Waals surface area contributed by atoms with Gasteiger partial charge in [0.15, 0.2) is 0 Å². The molecule has 1 saturated carbocycles. The van der Waals surface area contributed by atoms with Crippen molar-refractivity contribution in [2.24, 2.45) is 0 Å². The molecule has 1 aromatic carbocycles. The van der Waals surface area contributed by atoms with Gasteiger partial charge in [-0.2, -0.15) is 13.2 Å². The maximum Gasteiger partial charge on any atom is 0.471 e. The Hall–Kier alpha value is -3.10. The van der Waals surface area contributed by atoms with Gasteiger partial charge < -0.3 is 15.0 Å². The van der Waals surface area contributed by atoms with Crippen molar-refractivity contribution in [3.8, 4) is 5.75 Å². The van der Waals surface area contributed by atoms with E-state index >= 15 is 0 Å². The Morgan fingerprint density at radius 2 is 1.72 bits per heavy atom. The zero-order chi connectivity index (χ0) is 23.1. The summed E-state index contributed by atoms with van der Waals surface area (Å²) in [5, 5.41) is 2.87. The van der Waals surface area contributed by atoms with Crippen LogP contribution in [-0.4, -0.2) is 41.0 Å². The van der Waals surface area contributed by atoms with E-state index in [1.54, 1.807) is 24.3 Å². The number of aromatic nitrogens is 1. The van der Waals surface area contributed by atoms with Crippen molar-refractivity contribution in [3.63, 3.8) is 0 Å². The SMILES string of the molecule is COc1ccc(CN(C(=O)C(F)(F)F)[C@@H](C(=O)NC2CCCCC2)c2ccncc2)cc1. The molecule has 0 saturated heterocycles. The number of benzene rings is 1. The van der Waals surface area contributed by atoms with Gasteiger partial charge in [-0.05, 0) is 48.2 Å². The van der Waals surface area contributed by atoms with Crippen LogP contribution in [0.25, 0.3) is 0 Å². The summed E-state index contributed by atoms with van der Waals surface area (Å²) in [4.78, 5) is 30.2. The Labute approximate surface area is 184 Å². The summed E-state index contributed by atoms with van der Waals surface area (Å²) in [5.74, 6) is -2.17. The standard InChI is InChI=1S/C23H26F3N3O3/c1-32-19-9-7-16(8-10-19)15-29(22(31)23(24,25)26)20(17-11-13-27-14-12-17)21(30)28-18-5-3-2-4-6-18/h7-14,18,20H,2-6,15H2,1H3,(H,28,30)/t20-/m1/s1. The lowest BCUT2D eigenvalue weighted by Crippen LogP contribution is -2.50. The highest BCUT2D eigenvalue weighted by molar-refractivity contribution is 5.90. The topological polar surface area (TPSA) is 71.5 Å². The van der Waals surface area contributed by atoms with Crippen molar-refractivity contribution in [1.82, 2.24) is 15.2 Å². The highest BCUT2D eigenvalue weighted by Crippen LogP contribution is 2.30. The number of ether oxygens (including phenoxy) is 1. The number of amides is 2. The van der Waals surface area contributed by atoms with E-state index in [1.807, 2.05) is 0 Å². The monoisotopic (exact) mass is 449 g/mol. The molecule has 32 heavy (non-hydrogen) atoms. The summed E-state index contributed by atoms with van der Waals surface area (Å²) in [5.41, 5.74) is 0.701. The van der Waals surface area contributed by atoms with Gasteiger partial charge in [-0.3, -0.25) is 14.6 Å². The second kappa shape index (κ2) is 10.5. The molecule has 0 spiro atoms. The van der Waals surface area contributed by atoms with Gasteiger partial charge in [0.25, 0.3) is 0 Å². The average Bonchev–Trinajstić information content (AvgIpc) is 2.79. The molecule has 1 aromatic heterocycles. The summed E-state index contributed by atoms with van der Waals surface area (Å²) in [7, 11) is 1.48. The minimum atomic E-state index is -5.14. The molecule has 0 radical (unpaired) electrons. The second-order valence-electron chi connectivity index (χ2n) is 7.81. The van der Waals surface area contributed by atoms with E-state index < -0.39 is 30.6 Å². The number of methoxy groups -OCH3 is 1. The molecule has 0 bridgehead atoms. The molecule has 9 heteroatoms. The molecule has 1 aliphatic carbocycles. The van der Waals surface area contributed by atoms with E-state index in [0.717, 1.165) is 32.1 Å². The predicted molar refractivity (Wildman–Crippen MR) is 112 cm³/mol. The first-order valence-electron chi connectivity index (χ1n) is 10.5. The molecular weight excluding hydrogens is 423 g/mol. The molecule has 1 heterocycles. The van der Waals surface area contributed by atoms with Crippen molar-refractivity contribution in [1.29, 1.82) is 0 Å². The third kappa shape index (κ3) is 5.99. The predicted octanol–water partition coefficient (Wildman–Crippen LogP) is 4.17. The Bertz CT molecular complexity index is 898. The summed E-state index contributed by atoms with van der Waals surface area (Å²) >= 11 is 0. The summed E-state index contributed by atoms with van der Waals surface area (Å²) in [6.07, 6.45) is 2.13. The van der Waals surface area contributed by atoms with Crippen LogP contribution in [-0.2, 0) is 16.1 Å². The van der Waals surface area contributed by atoms with Crippen LogP contribution in [0.5, 0.6) is 5.75 Å². The van der Waals surface area contributed by atoms with E-state index in [-0.39, 0.29) is 11.6 Å². The van der Waals surface area contributed by atoms with Gasteiger partial charge in [0.2, 0.25) is 5.91 Å². The molecule has 6 nitrogen and oxygen atoms in total. The van der Waals surface area contributed by atoms with Crippen LogP contribution >= 0.6 is 0 Å². The van der Waals surface area contributed by atoms with E-state index in [1.165, 1.54) is 31.6 Å². The highest BCUT2D eigenvalue weighted by Gasteiger charge is 2.46. The minimum Gasteiger partial charge on any atom is -0.497 e. The smallest absolute Gasteiger partial charge is 0.471 e. The number of carbonyl (C=O) groups is 2. The minimum absolute atomic E-state index is 0.121. The average molecular weight is 449 g/mol. The largest absolute Gasteiger partial charge is 0.497 e. The Kier molecular flexibility index (Phi) is 7.71. The van der Waals surface area contributed by atoms with E-state index in [0.29, 0.717) is 16.2 Å². The molecule has 2 aromatic rings. The number of carbonyl (C=O) groups excluding carboxylic acids is 2. The van der Waals surface area contributed by atoms with Gasteiger partial charge in [0.1, 0.15) is 11.8 Å². The Morgan fingerprint density at radius 3 is 2.28 bits per heavy atom. The Balaban J connectivity index is 1.97. The number of halogens is 3. The molecule has 0 unspecified atom stereocenters. The summed E-state index contributed by atoms with van der Waals surface area (Å²) in [6.45, 7) is -0.395. The molecule has 1 atom stereocenters.